The van der Waals surface area contributed by atoms with E-state index in [1.165, 1.54) is 5.56 Å². The molecular formula is C9H11N3. The number of anilines is 1. The second-order valence-corrected chi connectivity index (χ2v) is 2.88. The Labute approximate surface area is 71.3 Å². The number of benzene rings is 1. The lowest BCUT2D eigenvalue weighted by Crippen LogP contribution is -2.23. The number of nitrogens with two attached hydrogens (primary N) is 1. The molecule has 0 atom stereocenters. The number of amidine groups is 1. The molecule has 1 aromatic rings. The molecule has 3 heteroatoms. The number of fused-ring (bicyclic) bond motifs is 1. The van der Waals surface area contributed by atoms with Crippen LogP contribution >= 0.6 is 0 Å². The van der Waals surface area contributed by atoms with Gasteiger partial charge in [0.2, 0.25) is 0 Å². The summed E-state index contributed by atoms with van der Waals surface area (Å²) in [6, 6.07) is 6.07. The van der Waals surface area contributed by atoms with E-state index < -0.39 is 0 Å². The fraction of sp³-hybridized carbons (Fsp3) is 0.222. The van der Waals surface area contributed by atoms with Gasteiger partial charge in [-0.3, -0.25) is 0 Å². The molecule has 0 saturated heterocycles. The van der Waals surface area contributed by atoms with Gasteiger partial charge < -0.3 is 11.1 Å². The molecule has 0 saturated carbocycles. The smallest absolute Gasteiger partial charge is 0.130 e. The molecule has 0 aromatic heterocycles. The van der Waals surface area contributed by atoms with Crippen LogP contribution in [0.4, 0.5) is 5.69 Å². The monoisotopic (exact) mass is 161 g/mol. The van der Waals surface area contributed by atoms with Crippen LogP contribution in [0, 0.1) is 6.92 Å². The van der Waals surface area contributed by atoms with Gasteiger partial charge in [-0.2, -0.15) is 0 Å². The van der Waals surface area contributed by atoms with Crippen molar-refractivity contribution in [2.45, 2.75) is 6.92 Å². The summed E-state index contributed by atoms with van der Waals surface area (Å²) in [6.45, 7) is 2.62. The van der Waals surface area contributed by atoms with E-state index in [1.54, 1.807) is 0 Å². The number of nitrogens with zero attached hydrogens (tertiary/aromatic N) is 1. The summed E-state index contributed by atoms with van der Waals surface area (Å²) in [6.07, 6.45) is 0. The second-order valence-electron chi connectivity index (χ2n) is 2.88. The van der Waals surface area contributed by atoms with Gasteiger partial charge >= 0.3 is 0 Å². The molecular weight excluding hydrogens is 150 g/mol. The van der Waals surface area contributed by atoms with Crippen molar-refractivity contribution >= 4 is 11.5 Å². The van der Waals surface area contributed by atoms with E-state index in [0.717, 1.165) is 11.3 Å². The average Bonchev–Trinajstić information content (AvgIpc) is 2.04. The highest BCUT2D eigenvalue weighted by Gasteiger charge is 2.11. The normalized spacial score (nSPS) is 14.6. The molecule has 2 rings (SSSR count). The average molecular weight is 161 g/mol. The first kappa shape index (κ1) is 7.16. The van der Waals surface area contributed by atoms with Crippen LogP contribution in [0.5, 0.6) is 0 Å². The molecule has 3 nitrogen and oxygen atoms in total. The number of hydrogen-bond acceptors (Lipinski definition) is 3. The highest BCUT2D eigenvalue weighted by molar-refractivity contribution is 6.04. The molecule has 0 fully saturated rings. The Morgan fingerprint density at radius 2 is 2.33 bits per heavy atom. The minimum absolute atomic E-state index is 0.586. The lowest BCUT2D eigenvalue weighted by Gasteiger charge is -2.17. The third kappa shape index (κ3) is 0.942. The predicted molar refractivity (Wildman–Crippen MR) is 50.4 cm³/mol. The summed E-state index contributed by atoms with van der Waals surface area (Å²) >= 11 is 0. The molecule has 62 valence electrons. The van der Waals surface area contributed by atoms with Crippen molar-refractivity contribution in [2.24, 2.45) is 10.7 Å². The summed E-state index contributed by atoms with van der Waals surface area (Å²) in [5, 5.41) is 3.17. The van der Waals surface area contributed by atoms with Crippen LogP contribution in [0.2, 0.25) is 0 Å². The van der Waals surface area contributed by atoms with Crippen molar-refractivity contribution in [1.29, 1.82) is 0 Å². The maximum absolute atomic E-state index is 5.76. The van der Waals surface area contributed by atoms with Crippen LogP contribution in [-0.4, -0.2) is 12.5 Å². The molecule has 12 heavy (non-hydrogen) atoms. The van der Waals surface area contributed by atoms with Crippen LogP contribution in [-0.2, 0) is 0 Å². The zero-order chi connectivity index (χ0) is 8.55. The molecule has 1 aliphatic heterocycles. The summed E-state index contributed by atoms with van der Waals surface area (Å²) in [5.74, 6) is 0.641. The molecule has 1 aromatic carbocycles. The van der Waals surface area contributed by atoms with Gasteiger partial charge in [-0.25, -0.2) is 4.99 Å². The van der Waals surface area contributed by atoms with E-state index in [2.05, 4.69) is 10.3 Å². The van der Waals surface area contributed by atoms with Crippen molar-refractivity contribution in [2.75, 3.05) is 12.0 Å². The number of nitrogens with one attached hydrogen (secondary N) is 1. The fourth-order valence-electron chi connectivity index (χ4n) is 1.44. The van der Waals surface area contributed by atoms with Gasteiger partial charge in [0.15, 0.2) is 0 Å². The van der Waals surface area contributed by atoms with Gasteiger partial charge in [0.1, 0.15) is 12.5 Å². The van der Waals surface area contributed by atoms with Gasteiger partial charge in [0, 0.05) is 11.3 Å². The van der Waals surface area contributed by atoms with Gasteiger partial charge in [-0.1, -0.05) is 12.1 Å². The molecule has 3 N–H and O–H groups in total. The van der Waals surface area contributed by atoms with Crippen LogP contribution in [0.25, 0.3) is 0 Å². The fourth-order valence-corrected chi connectivity index (χ4v) is 1.44. The highest BCUT2D eigenvalue weighted by atomic mass is 15.1. The predicted octanol–water partition coefficient (Wildman–Crippen LogP) is 1.08. The van der Waals surface area contributed by atoms with Gasteiger partial charge in [-0.05, 0) is 18.6 Å². The highest BCUT2D eigenvalue weighted by Crippen LogP contribution is 2.21. The first-order valence-corrected chi connectivity index (χ1v) is 3.93. The third-order valence-corrected chi connectivity index (χ3v) is 2.05. The SMILES string of the molecule is Cc1cccc2c1C(N)=NCN2. The number of aliphatic imine (C=N–C) groups is 1. The molecule has 1 aliphatic rings. The molecule has 0 bridgehead atoms. The Morgan fingerprint density at radius 3 is 3.08 bits per heavy atom. The van der Waals surface area contributed by atoms with Crippen LogP contribution in [0.15, 0.2) is 23.2 Å². The Morgan fingerprint density at radius 1 is 1.50 bits per heavy atom. The zero-order valence-electron chi connectivity index (χ0n) is 6.96. The Bertz CT molecular complexity index is 342. The second kappa shape index (κ2) is 2.52. The third-order valence-electron chi connectivity index (χ3n) is 2.05. The molecule has 0 aliphatic carbocycles. The van der Waals surface area contributed by atoms with Crippen molar-refractivity contribution < 1.29 is 0 Å². The van der Waals surface area contributed by atoms with Crippen molar-refractivity contribution in [3.63, 3.8) is 0 Å². The minimum Gasteiger partial charge on any atom is -0.383 e. The van der Waals surface area contributed by atoms with Crippen LogP contribution in [0.1, 0.15) is 11.1 Å². The zero-order valence-corrected chi connectivity index (χ0v) is 6.96. The summed E-state index contributed by atoms with van der Waals surface area (Å²) < 4.78 is 0. The Kier molecular flexibility index (Phi) is 1.50. The lowest BCUT2D eigenvalue weighted by molar-refractivity contribution is 1.10. The van der Waals surface area contributed by atoms with Gasteiger partial charge in [-0.15, -0.1) is 0 Å². The van der Waals surface area contributed by atoms with E-state index in [-0.39, 0.29) is 0 Å². The number of hydrogen-bond donors (Lipinski definition) is 2. The molecule has 0 radical (unpaired) electrons. The number of rotatable bonds is 0. The van der Waals surface area contributed by atoms with Crippen LogP contribution < -0.4 is 11.1 Å². The van der Waals surface area contributed by atoms with Crippen LogP contribution in [0.3, 0.4) is 0 Å². The van der Waals surface area contributed by atoms with E-state index in [4.69, 9.17) is 5.73 Å². The molecule has 0 amide bonds. The van der Waals surface area contributed by atoms with Crippen molar-refractivity contribution in [3.8, 4) is 0 Å². The molecule has 1 heterocycles. The molecule has 0 unspecified atom stereocenters. The Balaban J connectivity index is 2.64. The van der Waals surface area contributed by atoms with E-state index in [1.807, 2.05) is 25.1 Å². The Hall–Kier alpha value is -1.51. The van der Waals surface area contributed by atoms with Crippen molar-refractivity contribution in [1.82, 2.24) is 0 Å². The first-order chi connectivity index (χ1) is 5.79. The molecule has 0 spiro atoms. The number of aryl methyl sites for hydroxylation is 1. The van der Waals surface area contributed by atoms with E-state index >= 15 is 0 Å². The standard InChI is InChI=1S/C9H11N3/c1-6-3-2-4-7-8(6)9(10)12-5-11-7/h2-4,11H,5H2,1H3,(H2,10,12). The largest absolute Gasteiger partial charge is 0.383 e. The maximum atomic E-state index is 5.76. The van der Waals surface area contributed by atoms with Gasteiger partial charge in [0.25, 0.3) is 0 Å². The van der Waals surface area contributed by atoms with Crippen molar-refractivity contribution in [3.05, 3.63) is 29.3 Å². The van der Waals surface area contributed by atoms with Gasteiger partial charge in [0.05, 0.1) is 0 Å². The van der Waals surface area contributed by atoms with E-state index in [9.17, 15) is 0 Å². The van der Waals surface area contributed by atoms with E-state index in [0.29, 0.717) is 12.5 Å². The quantitative estimate of drug-likeness (QED) is 0.598. The summed E-state index contributed by atoms with van der Waals surface area (Å²) in [4.78, 5) is 4.12. The first-order valence-electron chi connectivity index (χ1n) is 3.93. The minimum atomic E-state index is 0.586. The summed E-state index contributed by atoms with van der Waals surface area (Å²) in [5.41, 5.74) is 9.06. The topological polar surface area (TPSA) is 50.4 Å². The lowest BCUT2D eigenvalue weighted by atomic mass is 10.0. The maximum Gasteiger partial charge on any atom is 0.130 e. The summed E-state index contributed by atoms with van der Waals surface area (Å²) in [7, 11) is 0.